The predicted molar refractivity (Wildman–Crippen MR) is 77.7 cm³/mol. The average molecular weight is 290 g/mol. The number of hydrogen-bond donors (Lipinski definition) is 4. The maximum absolute atomic E-state index is 12.3. The van der Waals surface area contributed by atoms with E-state index < -0.39 is 17.2 Å². The van der Waals surface area contributed by atoms with E-state index in [1.807, 2.05) is 6.92 Å². The minimum absolute atomic E-state index is 0.122. The Morgan fingerprint density at radius 3 is 2.14 bits per heavy atom. The van der Waals surface area contributed by atoms with Crippen LogP contribution in [0.4, 0.5) is 5.69 Å². The standard InChI is InChI=1S/C14H18N4O3/c1-14(2-3-17-7-14)13(21)18-10-5-8(11(15)19)4-9(6-10)12(16)20/h4-6,17H,2-3,7H2,1H3,(H2,15,19)(H2,16,20)(H,18,21). The molecule has 21 heavy (non-hydrogen) atoms. The molecular formula is C14H18N4O3. The van der Waals surface area contributed by atoms with Crippen molar-refractivity contribution in [3.05, 3.63) is 29.3 Å². The van der Waals surface area contributed by atoms with Crippen LogP contribution in [0.3, 0.4) is 0 Å². The molecule has 1 atom stereocenters. The van der Waals surface area contributed by atoms with Gasteiger partial charge in [0.2, 0.25) is 17.7 Å². The first-order valence-corrected chi connectivity index (χ1v) is 6.59. The summed E-state index contributed by atoms with van der Waals surface area (Å²) in [4.78, 5) is 34.9. The molecule has 112 valence electrons. The van der Waals surface area contributed by atoms with Crippen LogP contribution in [-0.2, 0) is 4.79 Å². The van der Waals surface area contributed by atoms with Crippen LogP contribution >= 0.6 is 0 Å². The second kappa shape index (κ2) is 5.53. The van der Waals surface area contributed by atoms with Crippen LogP contribution in [0, 0.1) is 5.41 Å². The maximum atomic E-state index is 12.3. The van der Waals surface area contributed by atoms with Gasteiger partial charge in [0.05, 0.1) is 5.41 Å². The molecule has 1 aliphatic heterocycles. The fraction of sp³-hybridized carbons (Fsp3) is 0.357. The zero-order chi connectivity index (χ0) is 15.6. The third-order valence-corrected chi connectivity index (χ3v) is 3.68. The van der Waals surface area contributed by atoms with Crippen molar-refractivity contribution in [3.8, 4) is 0 Å². The molecule has 1 heterocycles. The molecule has 2 rings (SSSR count). The SMILES string of the molecule is CC1(C(=O)Nc2cc(C(N)=O)cc(C(N)=O)c2)CCNC1. The van der Waals surface area contributed by atoms with Crippen molar-refractivity contribution in [2.24, 2.45) is 16.9 Å². The second-order valence-electron chi connectivity index (χ2n) is 5.47. The zero-order valence-electron chi connectivity index (χ0n) is 11.7. The Bertz CT molecular complexity index is 574. The van der Waals surface area contributed by atoms with Crippen molar-refractivity contribution in [2.45, 2.75) is 13.3 Å². The predicted octanol–water partition coefficient (Wildman–Crippen LogP) is -0.177. The van der Waals surface area contributed by atoms with E-state index in [1.165, 1.54) is 18.2 Å². The second-order valence-corrected chi connectivity index (χ2v) is 5.47. The van der Waals surface area contributed by atoms with Gasteiger partial charge in [-0.15, -0.1) is 0 Å². The van der Waals surface area contributed by atoms with Gasteiger partial charge in [-0.2, -0.15) is 0 Å². The minimum atomic E-state index is -0.692. The number of nitrogens with one attached hydrogen (secondary N) is 2. The number of rotatable bonds is 4. The van der Waals surface area contributed by atoms with E-state index in [0.717, 1.165) is 13.0 Å². The molecule has 1 saturated heterocycles. The van der Waals surface area contributed by atoms with Gasteiger partial charge in [-0.3, -0.25) is 14.4 Å². The van der Waals surface area contributed by atoms with Crippen LogP contribution in [0.25, 0.3) is 0 Å². The first kappa shape index (κ1) is 15.0. The summed E-state index contributed by atoms with van der Waals surface area (Å²) in [5.74, 6) is -1.56. The van der Waals surface area contributed by atoms with Gasteiger partial charge in [-0.05, 0) is 38.1 Å². The fourth-order valence-electron chi connectivity index (χ4n) is 2.28. The number of anilines is 1. The lowest BCUT2D eigenvalue weighted by Gasteiger charge is -2.21. The first-order chi connectivity index (χ1) is 9.82. The van der Waals surface area contributed by atoms with Crippen LogP contribution < -0.4 is 22.1 Å². The molecule has 1 fully saturated rings. The van der Waals surface area contributed by atoms with Gasteiger partial charge >= 0.3 is 0 Å². The topological polar surface area (TPSA) is 127 Å². The van der Waals surface area contributed by atoms with Gasteiger partial charge in [0.25, 0.3) is 0 Å². The Morgan fingerprint density at radius 1 is 1.14 bits per heavy atom. The summed E-state index contributed by atoms with van der Waals surface area (Å²) in [5.41, 5.74) is 10.5. The van der Waals surface area contributed by atoms with Gasteiger partial charge in [0, 0.05) is 23.4 Å². The number of carbonyl (C=O) groups excluding carboxylic acids is 3. The Hall–Kier alpha value is -2.41. The Labute approximate surface area is 122 Å². The summed E-state index contributed by atoms with van der Waals surface area (Å²) in [5, 5.41) is 5.85. The molecule has 7 heteroatoms. The summed E-state index contributed by atoms with van der Waals surface area (Å²) in [6.45, 7) is 3.21. The van der Waals surface area contributed by atoms with Crippen LogP contribution in [0.1, 0.15) is 34.1 Å². The van der Waals surface area contributed by atoms with E-state index in [1.54, 1.807) is 0 Å². The van der Waals surface area contributed by atoms with Crippen molar-refractivity contribution in [1.29, 1.82) is 0 Å². The van der Waals surface area contributed by atoms with Crippen molar-refractivity contribution < 1.29 is 14.4 Å². The highest BCUT2D eigenvalue weighted by molar-refractivity contribution is 6.02. The highest BCUT2D eigenvalue weighted by Gasteiger charge is 2.36. The van der Waals surface area contributed by atoms with Crippen LogP contribution in [-0.4, -0.2) is 30.8 Å². The molecule has 3 amide bonds. The van der Waals surface area contributed by atoms with Crippen LogP contribution in [0.5, 0.6) is 0 Å². The number of carbonyl (C=O) groups is 3. The minimum Gasteiger partial charge on any atom is -0.366 e. The molecule has 1 aromatic carbocycles. The summed E-state index contributed by atoms with van der Waals surface area (Å²) in [6, 6.07) is 4.16. The van der Waals surface area contributed by atoms with Gasteiger partial charge in [0.1, 0.15) is 0 Å². The number of primary amides is 2. The molecule has 0 aliphatic carbocycles. The molecule has 1 aliphatic rings. The summed E-state index contributed by atoms with van der Waals surface area (Å²) in [7, 11) is 0. The molecule has 0 bridgehead atoms. The number of nitrogens with two attached hydrogens (primary N) is 2. The third-order valence-electron chi connectivity index (χ3n) is 3.68. The van der Waals surface area contributed by atoms with Gasteiger partial charge in [-0.1, -0.05) is 0 Å². The number of hydrogen-bond acceptors (Lipinski definition) is 4. The highest BCUT2D eigenvalue weighted by Crippen LogP contribution is 2.27. The Balaban J connectivity index is 2.28. The third kappa shape index (κ3) is 3.19. The maximum Gasteiger partial charge on any atom is 0.248 e. The van der Waals surface area contributed by atoms with Crippen molar-refractivity contribution >= 4 is 23.4 Å². The Morgan fingerprint density at radius 2 is 1.71 bits per heavy atom. The van der Waals surface area contributed by atoms with Crippen molar-refractivity contribution in [3.63, 3.8) is 0 Å². The van der Waals surface area contributed by atoms with E-state index in [-0.39, 0.29) is 17.0 Å². The fourth-order valence-corrected chi connectivity index (χ4v) is 2.28. The van der Waals surface area contributed by atoms with Crippen molar-refractivity contribution in [1.82, 2.24) is 5.32 Å². The monoisotopic (exact) mass is 290 g/mol. The quantitative estimate of drug-likeness (QED) is 0.613. The summed E-state index contributed by atoms with van der Waals surface area (Å²) < 4.78 is 0. The lowest BCUT2D eigenvalue weighted by atomic mass is 9.88. The van der Waals surface area contributed by atoms with Gasteiger partial charge in [-0.25, -0.2) is 0 Å². The molecule has 1 aromatic rings. The van der Waals surface area contributed by atoms with E-state index in [0.29, 0.717) is 12.2 Å². The van der Waals surface area contributed by atoms with Gasteiger partial charge < -0.3 is 22.1 Å². The number of amides is 3. The molecule has 0 aromatic heterocycles. The van der Waals surface area contributed by atoms with Crippen LogP contribution in [0.2, 0.25) is 0 Å². The molecular weight excluding hydrogens is 272 g/mol. The van der Waals surface area contributed by atoms with E-state index >= 15 is 0 Å². The zero-order valence-corrected chi connectivity index (χ0v) is 11.7. The van der Waals surface area contributed by atoms with E-state index in [9.17, 15) is 14.4 Å². The normalized spacial score (nSPS) is 21.0. The lowest BCUT2D eigenvalue weighted by molar-refractivity contribution is -0.123. The van der Waals surface area contributed by atoms with Gasteiger partial charge in [0.15, 0.2) is 0 Å². The lowest BCUT2D eigenvalue weighted by Crippen LogP contribution is -2.35. The smallest absolute Gasteiger partial charge is 0.248 e. The average Bonchev–Trinajstić information content (AvgIpc) is 2.86. The van der Waals surface area contributed by atoms with E-state index in [2.05, 4.69) is 10.6 Å². The molecule has 0 saturated carbocycles. The first-order valence-electron chi connectivity index (χ1n) is 6.59. The largest absolute Gasteiger partial charge is 0.366 e. The molecule has 0 spiro atoms. The summed E-state index contributed by atoms with van der Waals surface area (Å²) in [6.07, 6.45) is 0.719. The molecule has 7 nitrogen and oxygen atoms in total. The highest BCUT2D eigenvalue weighted by atomic mass is 16.2. The molecule has 0 radical (unpaired) electrons. The van der Waals surface area contributed by atoms with Crippen molar-refractivity contribution in [2.75, 3.05) is 18.4 Å². The van der Waals surface area contributed by atoms with Crippen LogP contribution in [0.15, 0.2) is 18.2 Å². The molecule has 6 N–H and O–H groups in total. The molecule has 1 unspecified atom stereocenters. The number of benzene rings is 1. The summed E-state index contributed by atoms with van der Waals surface area (Å²) >= 11 is 0. The van der Waals surface area contributed by atoms with E-state index in [4.69, 9.17) is 11.5 Å². The Kier molecular flexibility index (Phi) is 3.95.